The summed E-state index contributed by atoms with van der Waals surface area (Å²) in [7, 11) is 1.45. The zero-order chi connectivity index (χ0) is 14.7. The summed E-state index contributed by atoms with van der Waals surface area (Å²) < 4.78 is 4.79. The van der Waals surface area contributed by atoms with Crippen molar-refractivity contribution in [3.8, 4) is 0 Å². The number of nitrogens with zero attached hydrogens (tertiary/aromatic N) is 1. The molecule has 0 saturated heterocycles. The summed E-state index contributed by atoms with van der Waals surface area (Å²) in [6.45, 7) is 2.21. The molecule has 8 heteroatoms. The quantitative estimate of drug-likeness (QED) is 0.513. The maximum Gasteiger partial charge on any atom is 0.323 e. The summed E-state index contributed by atoms with van der Waals surface area (Å²) in [4.78, 5) is 34.6. The molecule has 8 nitrogen and oxygen atoms in total. The van der Waals surface area contributed by atoms with E-state index in [9.17, 15) is 14.4 Å². The van der Waals surface area contributed by atoms with E-state index in [0.29, 0.717) is 6.54 Å². The third-order valence-electron chi connectivity index (χ3n) is 2.15. The Hall–Kier alpha value is -1.83. The molecule has 0 aliphatic heterocycles. The topological polar surface area (TPSA) is 108 Å². The fourth-order valence-corrected chi connectivity index (χ4v) is 1.21. The zero-order valence-electron chi connectivity index (χ0n) is 11.3. The van der Waals surface area contributed by atoms with Crippen LogP contribution in [0.1, 0.15) is 13.3 Å². The second-order valence-electron chi connectivity index (χ2n) is 3.82. The van der Waals surface area contributed by atoms with Gasteiger partial charge in [0.15, 0.2) is 0 Å². The van der Waals surface area contributed by atoms with Crippen LogP contribution in [0.4, 0.5) is 4.79 Å². The van der Waals surface area contributed by atoms with Crippen LogP contribution < -0.4 is 10.6 Å². The minimum absolute atomic E-state index is 0.144. The molecule has 0 saturated carbocycles. The highest BCUT2D eigenvalue weighted by atomic mass is 16.5. The standard InChI is InChI=1S/C11H21N3O5/c1-3-4-12-9(15)7-13-11(18)14(5-6-19-2)8-10(16)17/h3-8H2,1-2H3,(H,12,15)(H,13,18)(H,16,17). The van der Waals surface area contributed by atoms with E-state index >= 15 is 0 Å². The van der Waals surface area contributed by atoms with Crippen LogP contribution >= 0.6 is 0 Å². The molecule has 0 aromatic carbocycles. The van der Waals surface area contributed by atoms with Crippen molar-refractivity contribution in [2.75, 3.05) is 39.9 Å². The lowest BCUT2D eigenvalue weighted by Crippen LogP contribution is -2.47. The Bertz CT molecular complexity index is 309. The van der Waals surface area contributed by atoms with Crippen LogP contribution in [0.2, 0.25) is 0 Å². The van der Waals surface area contributed by atoms with E-state index in [1.165, 1.54) is 7.11 Å². The molecule has 0 atom stereocenters. The average Bonchev–Trinajstić information content (AvgIpc) is 2.37. The van der Waals surface area contributed by atoms with Crippen molar-refractivity contribution in [1.82, 2.24) is 15.5 Å². The molecular weight excluding hydrogens is 254 g/mol. The van der Waals surface area contributed by atoms with E-state index in [-0.39, 0.29) is 25.6 Å². The van der Waals surface area contributed by atoms with Gasteiger partial charge in [-0.25, -0.2) is 4.79 Å². The molecule has 0 aromatic heterocycles. The van der Waals surface area contributed by atoms with Gasteiger partial charge in [0, 0.05) is 20.2 Å². The van der Waals surface area contributed by atoms with E-state index < -0.39 is 18.5 Å². The highest BCUT2D eigenvalue weighted by Gasteiger charge is 2.16. The minimum Gasteiger partial charge on any atom is -0.480 e. The van der Waals surface area contributed by atoms with Gasteiger partial charge in [0.2, 0.25) is 5.91 Å². The Kier molecular flexibility index (Phi) is 9.15. The summed E-state index contributed by atoms with van der Waals surface area (Å²) in [5.41, 5.74) is 0. The van der Waals surface area contributed by atoms with Crippen LogP contribution in [-0.4, -0.2) is 67.8 Å². The summed E-state index contributed by atoms with van der Waals surface area (Å²) in [5, 5.41) is 13.6. The van der Waals surface area contributed by atoms with Crippen LogP contribution in [0.15, 0.2) is 0 Å². The summed E-state index contributed by atoms with van der Waals surface area (Å²) in [5.74, 6) is -1.43. The highest BCUT2D eigenvalue weighted by molar-refractivity contribution is 5.85. The largest absolute Gasteiger partial charge is 0.480 e. The van der Waals surface area contributed by atoms with Crippen LogP contribution in [0.5, 0.6) is 0 Å². The highest BCUT2D eigenvalue weighted by Crippen LogP contribution is 1.90. The first-order chi connectivity index (χ1) is 9.01. The van der Waals surface area contributed by atoms with Gasteiger partial charge in [0.25, 0.3) is 0 Å². The number of ether oxygens (including phenoxy) is 1. The summed E-state index contributed by atoms with van der Waals surface area (Å²) >= 11 is 0. The number of hydrogen-bond acceptors (Lipinski definition) is 4. The third kappa shape index (κ3) is 8.83. The average molecular weight is 275 g/mol. The van der Waals surface area contributed by atoms with Crippen molar-refractivity contribution in [1.29, 1.82) is 0 Å². The summed E-state index contributed by atoms with van der Waals surface area (Å²) in [6.07, 6.45) is 0.804. The molecule has 0 unspecified atom stereocenters. The lowest BCUT2D eigenvalue weighted by Gasteiger charge is -2.20. The van der Waals surface area contributed by atoms with Gasteiger partial charge in [-0.2, -0.15) is 0 Å². The van der Waals surface area contributed by atoms with Crippen LogP contribution in [0, 0.1) is 0 Å². The smallest absolute Gasteiger partial charge is 0.323 e. The number of amides is 3. The number of carboxylic acids is 1. The van der Waals surface area contributed by atoms with E-state index in [1.54, 1.807) is 0 Å². The summed E-state index contributed by atoms with van der Waals surface area (Å²) in [6, 6.07) is -0.605. The third-order valence-corrected chi connectivity index (χ3v) is 2.15. The number of urea groups is 1. The second kappa shape index (κ2) is 10.1. The molecular formula is C11H21N3O5. The van der Waals surface area contributed by atoms with Gasteiger partial charge in [-0.05, 0) is 6.42 Å². The Morgan fingerprint density at radius 1 is 1.26 bits per heavy atom. The van der Waals surface area contributed by atoms with Gasteiger partial charge in [-0.3, -0.25) is 9.59 Å². The maximum atomic E-state index is 11.7. The van der Waals surface area contributed by atoms with Crippen molar-refractivity contribution in [2.45, 2.75) is 13.3 Å². The molecule has 0 radical (unpaired) electrons. The number of methoxy groups -OCH3 is 1. The Morgan fingerprint density at radius 2 is 1.95 bits per heavy atom. The molecule has 3 amide bonds. The molecule has 0 aliphatic carbocycles. The molecule has 110 valence electrons. The van der Waals surface area contributed by atoms with E-state index in [1.807, 2.05) is 6.92 Å². The monoisotopic (exact) mass is 275 g/mol. The van der Waals surface area contributed by atoms with E-state index in [4.69, 9.17) is 9.84 Å². The Labute approximate surface area is 112 Å². The molecule has 19 heavy (non-hydrogen) atoms. The normalized spacial score (nSPS) is 9.79. The number of carbonyl (C=O) groups excluding carboxylic acids is 2. The predicted octanol–water partition coefficient (Wildman–Crippen LogP) is -0.745. The number of nitrogens with one attached hydrogen (secondary N) is 2. The van der Waals surface area contributed by atoms with E-state index in [0.717, 1.165) is 11.3 Å². The lowest BCUT2D eigenvalue weighted by atomic mass is 10.4. The number of aliphatic carboxylic acids is 1. The zero-order valence-corrected chi connectivity index (χ0v) is 11.3. The van der Waals surface area contributed by atoms with Crippen molar-refractivity contribution in [3.63, 3.8) is 0 Å². The number of rotatable bonds is 9. The Balaban J connectivity index is 4.15. The lowest BCUT2D eigenvalue weighted by molar-refractivity contribution is -0.137. The van der Waals surface area contributed by atoms with Gasteiger partial charge in [0.05, 0.1) is 13.2 Å². The molecule has 0 aliphatic rings. The fourth-order valence-electron chi connectivity index (χ4n) is 1.21. The number of hydrogen-bond donors (Lipinski definition) is 3. The maximum absolute atomic E-state index is 11.7. The van der Waals surface area contributed by atoms with Gasteiger partial charge in [0.1, 0.15) is 6.54 Å². The fraction of sp³-hybridized carbons (Fsp3) is 0.727. The molecule has 0 fully saturated rings. The van der Waals surface area contributed by atoms with Crippen LogP contribution in [-0.2, 0) is 14.3 Å². The first kappa shape index (κ1) is 17.2. The minimum atomic E-state index is -1.12. The van der Waals surface area contributed by atoms with Gasteiger partial charge in [-0.1, -0.05) is 6.92 Å². The SMILES string of the molecule is CCCNC(=O)CNC(=O)N(CCOC)CC(=O)O. The molecule has 0 rings (SSSR count). The molecule has 0 heterocycles. The van der Waals surface area contributed by atoms with Gasteiger partial charge < -0.3 is 25.4 Å². The van der Waals surface area contributed by atoms with Crippen LogP contribution in [0.25, 0.3) is 0 Å². The molecule has 0 aromatic rings. The molecule has 3 N–H and O–H groups in total. The molecule has 0 spiro atoms. The number of carboxylic acid groups (broad SMARTS) is 1. The van der Waals surface area contributed by atoms with E-state index in [2.05, 4.69) is 10.6 Å². The second-order valence-corrected chi connectivity index (χ2v) is 3.82. The van der Waals surface area contributed by atoms with Crippen molar-refractivity contribution in [2.24, 2.45) is 0 Å². The van der Waals surface area contributed by atoms with Gasteiger partial charge in [-0.15, -0.1) is 0 Å². The van der Waals surface area contributed by atoms with Crippen LogP contribution in [0.3, 0.4) is 0 Å². The first-order valence-corrected chi connectivity index (χ1v) is 6.01. The van der Waals surface area contributed by atoms with Crippen molar-refractivity contribution < 1.29 is 24.2 Å². The molecule has 0 bridgehead atoms. The first-order valence-electron chi connectivity index (χ1n) is 6.01. The van der Waals surface area contributed by atoms with Crippen molar-refractivity contribution >= 4 is 17.9 Å². The van der Waals surface area contributed by atoms with Gasteiger partial charge >= 0.3 is 12.0 Å². The predicted molar refractivity (Wildman–Crippen MR) is 67.8 cm³/mol. The van der Waals surface area contributed by atoms with Crippen molar-refractivity contribution in [3.05, 3.63) is 0 Å². The number of carbonyl (C=O) groups is 3. The Morgan fingerprint density at radius 3 is 2.47 bits per heavy atom.